The molecule has 7 heteroatoms. The smallest absolute Gasteiger partial charge is 0.349 e. The van der Waals surface area contributed by atoms with Gasteiger partial charge in [0, 0.05) is 26.6 Å². The molecule has 0 unspecified atom stereocenters. The normalized spacial score (nSPS) is 12.2. The number of benzene rings is 1. The SMILES string of the molecule is C/C=C\C=C/CCCN(C)/N=C(/CCc1ccc(OC(C)(C)C(=O)OCC)cc1)N(C=O)CCC. The van der Waals surface area contributed by atoms with Gasteiger partial charge in [-0.25, -0.2) is 4.79 Å². The first-order chi connectivity index (χ1) is 16.8. The number of ether oxygens (including phenoxy) is 2. The maximum Gasteiger partial charge on any atom is 0.349 e. The molecule has 1 aromatic carbocycles. The summed E-state index contributed by atoms with van der Waals surface area (Å²) in [4.78, 5) is 25.5. The summed E-state index contributed by atoms with van der Waals surface area (Å²) in [7, 11) is 1.95. The van der Waals surface area contributed by atoms with Crippen molar-refractivity contribution in [3.8, 4) is 5.75 Å². The highest BCUT2D eigenvalue weighted by Gasteiger charge is 2.31. The van der Waals surface area contributed by atoms with E-state index in [0.717, 1.165) is 50.0 Å². The predicted octanol–water partition coefficient (Wildman–Crippen LogP) is 5.37. The van der Waals surface area contributed by atoms with E-state index >= 15 is 0 Å². The molecule has 0 aliphatic heterocycles. The van der Waals surface area contributed by atoms with Crippen molar-refractivity contribution in [1.82, 2.24) is 9.91 Å². The number of allylic oxidation sites excluding steroid dienone is 4. The second kappa shape index (κ2) is 16.5. The van der Waals surface area contributed by atoms with Gasteiger partial charge >= 0.3 is 5.97 Å². The van der Waals surface area contributed by atoms with E-state index < -0.39 is 11.6 Å². The molecular weight excluding hydrogens is 442 g/mol. The maximum atomic E-state index is 12.1. The molecule has 0 bridgehead atoms. The van der Waals surface area contributed by atoms with Crippen LogP contribution in [-0.2, 0) is 20.7 Å². The minimum absolute atomic E-state index is 0.313. The second-order valence-electron chi connectivity index (χ2n) is 8.77. The monoisotopic (exact) mass is 485 g/mol. The van der Waals surface area contributed by atoms with Crippen molar-refractivity contribution >= 4 is 18.2 Å². The first-order valence-electron chi connectivity index (χ1n) is 12.5. The van der Waals surface area contributed by atoms with Gasteiger partial charge in [-0.3, -0.25) is 9.80 Å². The van der Waals surface area contributed by atoms with Crippen LogP contribution in [0.5, 0.6) is 5.75 Å². The molecule has 0 spiro atoms. The lowest BCUT2D eigenvalue weighted by Crippen LogP contribution is -2.39. The summed E-state index contributed by atoms with van der Waals surface area (Å²) in [6, 6.07) is 7.65. The van der Waals surface area contributed by atoms with Gasteiger partial charge in [-0.1, -0.05) is 43.4 Å². The van der Waals surface area contributed by atoms with Crippen LogP contribution >= 0.6 is 0 Å². The molecule has 1 aromatic rings. The number of hydrogen-bond donors (Lipinski definition) is 0. The quantitative estimate of drug-likeness (QED) is 0.0599. The van der Waals surface area contributed by atoms with Gasteiger partial charge in [-0.2, -0.15) is 5.10 Å². The highest BCUT2D eigenvalue weighted by atomic mass is 16.6. The van der Waals surface area contributed by atoms with E-state index in [2.05, 4.69) is 12.2 Å². The topological polar surface area (TPSA) is 71.4 Å². The third-order valence-corrected chi connectivity index (χ3v) is 5.20. The van der Waals surface area contributed by atoms with Crippen LogP contribution in [0.25, 0.3) is 0 Å². The first-order valence-corrected chi connectivity index (χ1v) is 12.5. The fourth-order valence-electron chi connectivity index (χ4n) is 3.33. The molecule has 7 nitrogen and oxygen atoms in total. The van der Waals surface area contributed by atoms with Gasteiger partial charge in [0.25, 0.3) is 0 Å². The number of hydrazone groups is 1. The van der Waals surface area contributed by atoms with E-state index in [1.54, 1.807) is 25.7 Å². The Morgan fingerprint density at radius 3 is 2.43 bits per heavy atom. The molecule has 35 heavy (non-hydrogen) atoms. The van der Waals surface area contributed by atoms with Gasteiger partial charge in [0.05, 0.1) is 6.61 Å². The zero-order valence-corrected chi connectivity index (χ0v) is 22.3. The van der Waals surface area contributed by atoms with E-state index in [9.17, 15) is 9.59 Å². The number of unbranched alkanes of at least 4 members (excludes halogenated alkanes) is 1. The third-order valence-electron chi connectivity index (χ3n) is 5.20. The van der Waals surface area contributed by atoms with Gasteiger partial charge in [-0.15, -0.1) is 0 Å². The Hall–Kier alpha value is -3.09. The van der Waals surface area contributed by atoms with Gasteiger partial charge in [-0.05, 0) is 71.1 Å². The summed E-state index contributed by atoms with van der Waals surface area (Å²) in [6.07, 6.45) is 13.3. The molecule has 0 fully saturated rings. The van der Waals surface area contributed by atoms with Gasteiger partial charge in [0.15, 0.2) is 5.60 Å². The Morgan fingerprint density at radius 2 is 1.83 bits per heavy atom. The molecule has 0 heterocycles. The van der Waals surface area contributed by atoms with E-state index in [1.165, 1.54) is 0 Å². The van der Waals surface area contributed by atoms with Crippen molar-refractivity contribution in [2.45, 2.75) is 72.3 Å². The predicted molar refractivity (Wildman–Crippen MR) is 142 cm³/mol. The number of esters is 1. The lowest BCUT2D eigenvalue weighted by Gasteiger charge is -2.24. The number of carbonyl (C=O) groups excluding carboxylic acids is 2. The molecule has 194 valence electrons. The summed E-state index contributed by atoms with van der Waals surface area (Å²) in [5.74, 6) is 0.967. The van der Waals surface area contributed by atoms with Gasteiger partial charge < -0.3 is 14.4 Å². The van der Waals surface area contributed by atoms with E-state index in [0.29, 0.717) is 25.3 Å². The van der Waals surface area contributed by atoms with Crippen LogP contribution in [0.15, 0.2) is 53.7 Å². The van der Waals surface area contributed by atoms with Crippen LogP contribution in [0.1, 0.15) is 65.9 Å². The van der Waals surface area contributed by atoms with Crippen molar-refractivity contribution < 1.29 is 19.1 Å². The Bertz CT molecular complexity index is 844. The number of amidine groups is 1. The molecule has 0 atom stereocenters. The van der Waals surface area contributed by atoms with Crippen LogP contribution in [0, 0.1) is 0 Å². The molecule has 0 saturated carbocycles. The highest BCUT2D eigenvalue weighted by Crippen LogP contribution is 2.21. The van der Waals surface area contributed by atoms with Crippen LogP contribution in [0.2, 0.25) is 0 Å². The number of amides is 1. The van der Waals surface area contributed by atoms with Crippen LogP contribution in [-0.4, -0.2) is 60.5 Å². The summed E-state index contributed by atoms with van der Waals surface area (Å²) in [5.41, 5.74) is 0.0350. The third kappa shape index (κ3) is 11.7. The van der Waals surface area contributed by atoms with Crippen LogP contribution in [0.3, 0.4) is 0 Å². The summed E-state index contributed by atoms with van der Waals surface area (Å²) in [6.45, 7) is 11.0. The minimum Gasteiger partial charge on any atom is -0.476 e. The zero-order valence-electron chi connectivity index (χ0n) is 22.3. The number of aryl methyl sites for hydroxylation is 1. The molecule has 0 radical (unpaired) electrons. The Labute approximate surface area is 211 Å². The molecule has 1 rings (SSSR count). The molecule has 1 amide bonds. The van der Waals surface area contributed by atoms with Crippen molar-refractivity contribution in [3.05, 3.63) is 54.1 Å². The fraction of sp³-hybridized carbons (Fsp3) is 0.536. The first kappa shape index (κ1) is 29.9. The number of hydrogen-bond acceptors (Lipinski definition) is 6. The molecule has 0 N–H and O–H groups in total. The standard InChI is InChI=1S/C28H43N3O4/c1-7-10-11-12-13-14-22-30(6)29-26(31(23-32)21-8-2)20-17-24-15-18-25(19-16-24)35-28(4,5)27(33)34-9-3/h7,10-12,15-16,18-19,23H,8-9,13-14,17,20-22H2,1-6H3/b10-7-,12-11-,29-26-. The van der Waals surface area contributed by atoms with Gasteiger partial charge in [0.2, 0.25) is 6.41 Å². The highest BCUT2D eigenvalue weighted by molar-refractivity contribution is 5.90. The minimum atomic E-state index is -1.06. The molecular formula is C28H43N3O4. The summed E-state index contributed by atoms with van der Waals surface area (Å²) in [5, 5.41) is 6.66. The van der Waals surface area contributed by atoms with Gasteiger partial charge in [0.1, 0.15) is 11.6 Å². The Kier molecular flexibility index (Phi) is 14.1. The molecule has 0 aromatic heterocycles. The zero-order chi connectivity index (χ0) is 26.1. The Balaban J connectivity index is 2.79. The Morgan fingerprint density at radius 1 is 1.11 bits per heavy atom. The fourth-order valence-corrected chi connectivity index (χ4v) is 3.33. The number of carbonyl (C=O) groups is 2. The van der Waals surface area contributed by atoms with E-state index in [4.69, 9.17) is 14.6 Å². The largest absolute Gasteiger partial charge is 0.476 e. The van der Waals surface area contributed by atoms with Crippen molar-refractivity contribution in [2.24, 2.45) is 5.10 Å². The average Bonchev–Trinajstić information content (AvgIpc) is 2.83. The maximum absolute atomic E-state index is 12.1. The number of rotatable bonds is 16. The second-order valence-corrected chi connectivity index (χ2v) is 8.77. The van der Waals surface area contributed by atoms with Crippen molar-refractivity contribution in [2.75, 3.05) is 26.7 Å². The van der Waals surface area contributed by atoms with Crippen molar-refractivity contribution in [3.63, 3.8) is 0 Å². The molecule has 0 aliphatic rings. The van der Waals surface area contributed by atoms with Crippen LogP contribution in [0.4, 0.5) is 0 Å². The lowest BCUT2D eigenvalue weighted by atomic mass is 10.1. The average molecular weight is 486 g/mol. The summed E-state index contributed by atoms with van der Waals surface area (Å²) >= 11 is 0. The van der Waals surface area contributed by atoms with Crippen molar-refractivity contribution in [1.29, 1.82) is 0 Å². The lowest BCUT2D eigenvalue weighted by molar-refractivity contribution is -0.158. The molecule has 0 saturated heterocycles. The van der Waals surface area contributed by atoms with Crippen LogP contribution < -0.4 is 4.74 Å². The van der Waals surface area contributed by atoms with E-state index in [-0.39, 0.29) is 0 Å². The summed E-state index contributed by atoms with van der Waals surface area (Å²) < 4.78 is 10.9. The van der Waals surface area contributed by atoms with E-state index in [1.807, 2.05) is 62.3 Å². The number of nitrogens with zero attached hydrogens (tertiary/aromatic N) is 3. The molecule has 0 aliphatic carbocycles.